The molecule has 26 heavy (non-hydrogen) atoms. The average Bonchev–Trinajstić information content (AvgIpc) is 3.26. The Bertz CT molecular complexity index is 510. The Balaban J connectivity index is 1.93. The maximum atomic E-state index is 5.79. The summed E-state index contributed by atoms with van der Waals surface area (Å²) in [5, 5.41) is 0. The lowest BCUT2D eigenvalue weighted by Gasteiger charge is -2.03. The van der Waals surface area contributed by atoms with Gasteiger partial charge in [-0.2, -0.15) is 0 Å². The minimum atomic E-state index is 0.772. The van der Waals surface area contributed by atoms with E-state index in [1.54, 1.807) is 0 Å². The fraction of sp³-hybridized carbons (Fsp3) is 0.625. The highest BCUT2D eigenvalue weighted by Gasteiger charge is 2.29. The maximum Gasteiger partial charge on any atom is 0.0717 e. The van der Waals surface area contributed by atoms with Crippen LogP contribution in [0.5, 0.6) is 0 Å². The third-order valence-corrected chi connectivity index (χ3v) is 15.1. The first kappa shape index (κ1) is 24.9. The monoisotopic (exact) mass is 540 g/mol. The van der Waals surface area contributed by atoms with E-state index in [4.69, 9.17) is 23.2 Å². The number of thioether (sulfide) groups is 8. The van der Waals surface area contributed by atoms with Gasteiger partial charge in [-0.15, -0.1) is 70.2 Å². The quantitative estimate of drug-likeness (QED) is 0.175. The Hall–Kier alpha value is 2.60. The third kappa shape index (κ3) is 8.03. The third-order valence-electron chi connectivity index (χ3n) is 3.13. The molecule has 0 aliphatic carbocycles. The van der Waals surface area contributed by atoms with Gasteiger partial charge in [0.15, 0.2) is 0 Å². The van der Waals surface area contributed by atoms with Gasteiger partial charge in [0.1, 0.15) is 0 Å². The molecular formula is C16H22Cl2S8. The van der Waals surface area contributed by atoms with Crippen molar-refractivity contribution in [3.63, 3.8) is 0 Å². The van der Waals surface area contributed by atoms with Gasteiger partial charge < -0.3 is 0 Å². The molecule has 0 saturated heterocycles. The summed E-state index contributed by atoms with van der Waals surface area (Å²) in [6.07, 6.45) is 8.99. The van der Waals surface area contributed by atoms with Crippen LogP contribution in [0.4, 0.5) is 0 Å². The van der Waals surface area contributed by atoms with E-state index in [2.05, 4.69) is 12.5 Å². The lowest BCUT2D eigenvalue weighted by molar-refractivity contribution is 0.904. The Morgan fingerprint density at radius 1 is 0.615 bits per heavy atom. The van der Waals surface area contributed by atoms with Crippen molar-refractivity contribution in [2.75, 3.05) is 35.8 Å². The van der Waals surface area contributed by atoms with Crippen molar-refractivity contribution in [3.8, 4) is 0 Å². The van der Waals surface area contributed by atoms with Crippen molar-refractivity contribution >= 4 is 117 Å². The molecule has 10 heteroatoms. The number of hydrogen-bond donors (Lipinski definition) is 0. The zero-order valence-electron chi connectivity index (χ0n) is 14.7. The first-order chi connectivity index (χ1) is 12.7. The maximum absolute atomic E-state index is 5.79. The highest BCUT2D eigenvalue weighted by molar-refractivity contribution is 8.45. The van der Waals surface area contributed by atoms with Gasteiger partial charge in [0, 0.05) is 11.8 Å². The van der Waals surface area contributed by atoms with Gasteiger partial charge >= 0.3 is 0 Å². The van der Waals surface area contributed by atoms with Crippen molar-refractivity contribution in [2.24, 2.45) is 0 Å². The lowest BCUT2D eigenvalue weighted by Crippen LogP contribution is -1.81. The van der Waals surface area contributed by atoms with Gasteiger partial charge in [0.2, 0.25) is 0 Å². The molecule has 0 aromatic heterocycles. The molecule has 0 bridgehead atoms. The molecule has 2 aliphatic heterocycles. The molecular weight excluding hydrogens is 520 g/mol. The molecule has 0 radical (unpaired) electrons. The van der Waals surface area contributed by atoms with Crippen LogP contribution in [0.15, 0.2) is 25.4 Å². The van der Waals surface area contributed by atoms with Crippen LogP contribution in [0.3, 0.4) is 0 Å². The Labute approximate surface area is 202 Å². The van der Waals surface area contributed by atoms with Gasteiger partial charge in [-0.05, 0) is 49.7 Å². The fourth-order valence-electron chi connectivity index (χ4n) is 1.86. The summed E-state index contributed by atoms with van der Waals surface area (Å²) in [6.45, 7) is 0. The summed E-state index contributed by atoms with van der Waals surface area (Å²) in [6, 6.07) is 0. The first-order valence-corrected chi connectivity index (χ1v) is 16.9. The second kappa shape index (κ2) is 14.6. The van der Waals surface area contributed by atoms with Crippen LogP contribution in [0.1, 0.15) is 25.7 Å². The van der Waals surface area contributed by atoms with Crippen LogP contribution < -0.4 is 0 Å². The van der Waals surface area contributed by atoms with Crippen LogP contribution in [0.25, 0.3) is 0 Å². The minimum absolute atomic E-state index is 0.772. The zero-order chi connectivity index (χ0) is 18.8. The number of unbranched alkanes of at least 4 members (excludes halogenated alkanes) is 2. The Morgan fingerprint density at radius 3 is 1.35 bits per heavy atom. The molecule has 0 fully saturated rings. The van der Waals surface area contributed by atoms with Crippen LogP contribution in [-0.2, 0) is 0 Å². The van der Waals surface area contributed by atoms with Crippen LogP contribution in [0, 0.1) is 0 Å². The Kier molecular flexibility index (Phi) is 13.9. The van der Waals surface area contributed by atoms with Gasteiger partial charge in [0.25, 0.3) is 0 Å². The molecule has 0 nitrogen and oxygen atoms in total. The normalized spacial score (nSPS) is 20.8. The molecule has 0 aromatic carbocycles. The molecule has 2 heterocycles. The van der Waals surface area contributed by atoms with Crippen LogP contribution in [-0.4, -0.2) is 35.8 Å². The predicted molar refractivity (Wildman–Crippen MR) is 143 cm³/mol. The smallest absolute Gasteiger partial charge is 0.0717 e. The van der Waals surface area contributed by atoms with E-state index in [9.17, 15) is 0 Å². The topological polar surface area (TPSA) is 0 Å². The molecule has 0 unspecified atom stereocenters. The highest BCUT2D eigenvalue weighted by Crippen LogP contribution is 2.65. The van der Waals surface area contributed by atoms with Gasteiger partial charge in [-0.25, -0.2) is 0 Å². The number of halogens is 2. The van der Waals surface area contributed by atoms with Crippen molar-refractivity contribution in [1.82, 2.24) is 0 Å². The van der Waals surface area contributed by atoms with E-state index < -0.39 is 0 Å². The van der Waals surface area contributed by atoms with Crippen LogP contribution in [0.2, 0.25) is 0 Å². The lowest BCUT2D eigenvalue weighted by atomic mass is 10.4. The summed E-state index contributed by atoms with van der Waals surface area (Å²) in [4.78, 5) is 0. The fourth-order valence-corrected chi connectivity index (χ4v) is 13.5. The van der Waals surface area contributed by atoms with Crippen molar-refractivity contribution in [1.29, 1.82) is 0 Å². The molecule has 148 valence electrons. The molecule has 0 spiro atoms. The number of alkyl halides is 2. The number of rotatable bonds is 12. The molecule has 0 saturated carbocycles. The minimum Gasteiger partial charge on any atom is -0.127 e. The van der Waals surface area contributed by atoms with E-state index in [-0.39, 0.29) is 0 Å². The zero-order valence-corrected chi connectivity index (χ0v) is 22.7. The van der Waals surface area contributed by atoms with E-state index in [1.165, 1.54) is 49.8 Å². The first-order valence-electron chi connectivity index (χ1n) is 8.13. The molecule has 0 atom stereocenters. The molecule has 2 aliphatic rings. The van der Waals surface area contributed by atoms with Gasteiger partial charge in [0.05, 0.1) is 25.4 Å². The molecule has 2 rings (SSSR count). The van der Waals surface area contributed by atoms with Crippen molar-refractivity contribution in [3.05, 3.63) is 25.4 Å². The summed E-state index contributed by atoms with van der Waals surface area (Å²) in [5.41, 5.74) is 0. The molecule has 0 aromatic rings. The average molecular weight is 542 g/mol. The van der Waals surface area contributed by atoms with Crippen LogP contribution >= 0.6 is 117 Å². The second-order valence-corrected chi connectivity index (χ2v) is 15.3. The van der Waals surface area contributed by atoms with E-state index >= 15 is 0 Å². The summed E-state index contributed by atoms with van der Waals surface area (Å²) in [7, 11) is 0. The molecule has 0 N–H and O–H groups in total. The van der Waals surface area contributed by atoms with E-state index in [0.29, 0.717) is 0 Å². The van der Waals surface area contributed by atoms with E-state index in [1.807, 2.05) is 94.1 Å². The summed E-state index contributed by atoms with van der Waals surface area (Å²) >= 11 is 27.2. The highest BCUT2D eigenvalue weighted by atomic mass is 35.5. The van der Waals surface area contributed by atoms with Crippen molar-refractivity contribution < 1.29 is 0 Å². The van der Waals surface area contributed by atoms with E-state index in [0.717, 1.165) is 24.6 Å². The predicted octanol–water partition coefficient (Wildman–Crippen LogP) is 9.56. The van der Waals surface area contributed by atoms with Gasteiger partial charge in [-0.3, -0.25) is 0 Å². The van der Waals surface area contributed by atoms with Gasteiger partial charge in [-0.1, -0.05) is 47.0 Å². The standard InChI is InChI=1S/C16H22Cl2S8/c1-19-11-13(21-9-5-3-7-17)25-15(23-11)16-24-12(20-2)14(26-16)22-10-6-4-8-18/h3-10H2,1-2H3/b16-15-. The Morgan fingerprint density at radius 2 is 1.00 bits per heavy atom. The second-order valence-electron chi connectivity index (χ2n) is 5.03. The molecule has 0 amide bonds. The summed E-state index contributed by atoms with van der Waals surface area (Å²) < 4.78 is 8.82. The van der Waals surface area contributed by atoms with Crippen molar-refractivity contribution in [2.45, 2.75) is 25.7 Å². The largest absolute Gasteiger partial charge is 0.127 e. The number of hydrogen-bond acceptors (Lipinski definition) is 8. The SMILES string of the molecule is CSC1=C(SCCCCCl)S/C(=C2/SC(SC)=C(SCCCCCl)S2)S1. The summed E-state index contributed by atoms with van der Waals surface area (Å²) in [5.74, 6) is 3.87.